The van der Waals surface area contributed by atoms with Gasteiger partial charge in [-0.2, -0.15) is 0 Å². The van der Waals surface area contributed by atoms with Crippen LogP contribution in [0.2, 0.25) is 0 Å². The maximum absolute atomic E-state index is 12.1. The van der Waals surface area contributed by atoms with Crippen LogP contribution in [0.5, 0.6) is 0 Å². The zero-order valence-electron chi connectivity index (χ0n) is 28.0. The van der Waals surface area contributed by atoms with Crippen LogP contribution >= 0.6 is 0 Å². The molecule has 0 amide bonds. The van der Waals surface area contributed by atoms with Crippen LogP contribution in [0.15, 0.2) is 36.5 Å². The molecule has 0 heterocycles. The second-order valence-corrected chi connectivity index (χ2v) is 11.9. The molecule has 246 valence electrons. The fourth-order valence-electron chi connectivity index (χ4n) is 5.05. The fraction of sp³-hybridized carbons (Fsp3) is 0.816. The first-order valence-electron chi connectivity index (χ1n) is 18.1. The Morgan fingerprint density at radius 1 is 0.595 bits per heavy atom. The zero-order valence-corrected chi connectivity index (χ0v) is 28.0. The summed E-state index contributed by atoms with van der Waals surface area (Å²) >= 11 is 0. The van der Waals surface area contributed by atoms with Crippen molar-refractivity contribution in [2.45, 2.75) is 180 Å². The predicted octanol–water partition coefficient (Wildman–Crippen LogP) is 11.4. The van der Waals surface area contributed by atoms with E-state index in [4.69, 9.17) is 9.47 Å². The minimum atomic E-state index is -0.535. The molecule has 0 saturated carbocycles. The van der Waals surface area contributed by atoms with E-state index in [2.05, 4.69) is 50.3 Å². The minimum Gasteiger partial charge on any atom is -0.457 e. The number of esters is 1. The van der Waals surface area contributed by atoms with Crippen molar-refractivity contribution >= 4 is 5.97 Å². The van der Waals surface area contributed by atoms with Crippen molar-refractivity contribution in [1.82, 2.24) is 0 Å². The lowest BCUT2D eigenvalue weighted by molar-refractivity contribution is -0.154. The van der Waals surface area contributed by atoms with Crippen LogP contribution < -0.4 is 0 Å². The lowest BCUT2D eigenvalue weighted by Gasteiger charge is -2.16. The maximum Gasteiger partial charge on any atom is 0.306 e. The molecule has 0 radical (unpaired) electrons. The van der Waals surface area contributed by atoms with Crippen molar-refractivity contribution in [2.24, 2.45) is 0 Å². The summed E-state index contributed by atoms with van der Waals surface area (Å²) < 4.78 is 11.1. The molecule has 0 aromatic rings. The summed E-state index contributed by atoms with van der Waals surface area (Å²) in [5, 5.41) is 9.54. The molecule has 1 unspecified atom stereocenters. The molecule has 0 spiro atoms. The Bertz CT molecular complexity index is 625. The highest BCUT2D eigenvalue weighted by Gasteiger charge is 2.13. The topological polar surface area (TPSA) is 55.8 Å². The van der Waals surface area contributed by atoms with E-state index < -0.39 is 6.10 Å². The summed E-state index contributed by atoms with van der Waals surface area (Å²) in [6.07, 6.45) is 43.2. The molecule has 1 atom stereocenters. The van der Waals surface area contributed by atoms with Crippen LogP contribution in [-0.4, -0.2) is 37.0 Å². The summed E-state index contributed by atoms with van der Waals surface area (Å²) in [5.41, 5.74) is 0. The number of hydrogen-bond donors (Lipinski definition) is 1. The average molecular weight is 591 g/mol. The van der Waals surface area contributed by atoms with Gasteiger partial charge in [0.15, 0.2) is 0 Å². The van der Waals surface area contributed by atoms with Crippen LogP contribution in [0.1, 0.15) is 174 Å². The number of hydrogen-bond acceptors (Lipinski definition) is 4. The van der Waals surface area contributed by atoms with Gasteiger partial charge in [0.05, 0.1) is 13.2 Å². The normalized spacial score (nSPS) is 12.7. The number of aliphatic hydroxyl groups excluding tert-OH is 1. The van der Waals surface area contributed by atoms with Gasteiger partial charge >= 0.3 is 5.97 Å². The first-order chi connectivity index (χ1) is 20.7. The quantitative estimate of drug-likeness (QED) is 0.0469. The van der Waals surface area contributed by atoms with Gasteiger partial charge in [-0.3, -0.25) is 4.79 Å². The van der Waals surface area contributed by atoms with Gasteiger partial charge in [-0.25, -0.2) is 0 Å². The van der Waals surface area contributed by atoms with Crippen LogP contribution in [0.25, 0.3) is 0 Å². The lowest BCUT2D eigenvalue weighted by atomic mass is 10.0. The number of rotatable bonds is 33. The van der Waals surface area contributed by atoms with Gasteiger partial charge in [0.2, 0.25) is 0 Å². The summed E-state index contributed by atoms with van der Waals surface area (Å²) in [7, 11) is 0. The first kappa shape index (κ1) is 40.6. The predicted molar refractivity (Wildman–Crippen MR) is 182 cm³/mol. The molecule has 0 aliphatic heterocycles. The second kappa shape index (κ2) is 35.8. The van der Waals surface area contributed by atoms with E-state index in [1.54, 1.807) is 0 Å². The van der Waals surface area contributed by atoms with Gasteiger partial charge in [0.25, 0.3) is 0 Å². The molecule has 0 aliphatic carbocycles. The van der Waals surface area contributed by atoms with Crippen LogP contribution in [0.4, 0.5) is 0 Å². The van der Waals surface area contributed by atoms with Crippen molar-refractivity contribution in [3.8, 4) is 0 Å². The highest BCUT2D eigenvalue weighted by atomic mass is 16.6. The van der Waals surface area contributed by atoms with E-state index in [1.807, 2.05) is 0 Å². The minimum absolute atomic E-state index is 0.174. The molecule has 4 nitrogen and oxygen atoms in total. The second-order valence-electron chi connectivity index (χ2n) is 11.9. The average Bonchev–Trinajstić information content (AvgIpc) is 3.00. The van der Waals surface area contributed by atoms with E-state index in [-0.39, 0.29) is 12.6 Å². The molecular weight excluding hydrogens is 520 g/mol. The Kier molecular flexibility index (Phi) is 34.6. The van der Waals surface area contributed by atoms with Crippen molar-refractivity contribution in [1.29, 1.82) is 0 Å². The number of ether oxygens (including phenoxy) is 2. The van der Waals surface area contributed by atoms with Crippen LogP contribution in [0, 0.1) is 0 Å². The smallest absolute Gasteiger partial charge is 0.306 e. The summed E-state index contributed by atoms with van der Waals surface area (Å²) in [5.74, 6) is -0.210. The lowest BCUT2D eigenvalue weighted by Crippen LogP contribution is -2.27. The fourth-order valence-corrected chi connectivity index (χ4v) is 5.05. The Labute approximate surface area is 261 Å². The van der Waals surface area contributed by atoms with Gasteiger partial charge in [0, 0.05) is 13.0 Å². The number of unbranched alkanes of at least 4 members (excludes halogenated alkanes) is 19. The van der Waals surface area contributed by atoms with E-state index in [0.29, 0.717) is 19.6 Å². The number of allylic oxidation sites excluding steroid dienone is 6. The largest absolute Gasteiger partial charge is 0.457 e. The standard InChI is InChI=1S/C38H70O4/c1-3-5-7-9-11-13-15-17-18-19-20-21-23-25-27-29-31-33-38(40)42-37(35-39)36-41-34-32-30-28-26-24-22-16-14-12-10-8-6-4-2/h5,7,11,13,17-18,37,39H,3-4,6,8-10,12,14-16,19-36H2,1-2H3/b7-5-,13-11-,18-17-. The van der Waals surface area contributed by atoms with Gasteiger partial charge in [-0.15, -0.1) is 0 Å². The third-order valence-corrected chi connectivity index (χ3v) is 7.73. The number of carbonyl (C=O) groups excluding carboxylic acids is 1. The molecule has 0 aliphatic rings. The molecule has 0 aromatic carbocycles. The van der Waals surface area contributed by atoms with Crippen molar-refractivity contribution in [2.75, 3.05) is 19.8 Å². The van der Waals surface area contributed by atoms with E-state index >= 15 is 0 Å². The van der Waals surface area contributed by atoms with E-state index in [0.717, 1.165) is 38.5 Å². The zero-order chi connectivity index (χ0) is 30.6. The molecule has 0 saturated heterocycles. The summed E-state index contributed by atoms with van der Waals surface area (Å²) in [6.45, 7) is 5.23. The van der Waals surface area contributed by atoms with Gasteiger partial charge in [-0.1, -0.05) is 159 Å². The third kappa shape index (κ3) is 33.1. The molecule has 1 N–H and O–H groups in total. The van der Waals surface area contributed by atoms with E-state index in [1.165, 1.54) is 116 Å². The summed E-state index contributed by atoms with van der Waals surface area (Å²) in [4.78, 5) is 12.1. The number of aliphatic hydroxyl groups is 1. The van der Waals surface area contributed by atoms with Crippen molar-refractivity contribution in [3.63, 3.8) is 0 Å². The number of carbonyl (C=O) groups is 1. The Morgan fingerprint density at radius 2 is 1.07 bits per heavy atom. The van der Waals surface area contributed by atoms with Gasteiger partial charge in [-0.05, 0) is 44.9 Å². The van der Waals surface area contributed by atoms with Crippen molar-refractivity contribution in [3.05, 3.63) is 36.5 Å². The molecule has 0 rings (SSSR count). The third-order valence-electron chi connectivity index (χ3n) is 7.73. The SMILES string of the molecule is CC/C=C\C/C=C\C/C=C\CCCCCCCCCC(=O)OC(CO)COCCCCCCCCCCCCCCC. The Hall–Kier alpha value is -1.39. The highest BCUT2D eigenvalue weighted by Crippen LogP contribution is 2.13. The molecular formula is C38H70O4. The highest BCUT2D eigenvalue weighted by molar-refractivity contribution is 5.69. The molecule has 42 heavy (non-hydrogen) atoms. The molecule has 0 aromatic heterocycles. The molecule has 0 fully saturated rings. The van der Waals surface area contributed by atoms with Gasteiger partial charge < -0.3 is 14.6 Å². The summed E-state index contributed by atoms with van der Waals surface area (Å²) in [6, 6.07) is 0. The maximum atomic E-state index is 12.1. The molecule has 4 heteroatoms. The molecule has 0 bridgehead atoms. The van der Waals surface area contributed by atoms with Gasteiger partial charge in [0.1, 0.15) is 6.10 Å². The van der Waals surface area contributed by atoms with Crippen LogP contribution in [-0.2, 0) is 14.3 Å². The van der Waals surface area contributed by atoms with E-state index in [9.17, 15) is 9.90 Å². The Balaban J connectivity index is 3.46. The van der Waals surface area contributed by atoms with Crippen molar-refractivity contribution < 1.29 is 19.4 Å². The first-order valence-corrected chi connectivity index (χ1v) is 18.1. The Morgan fingerprint density at radius 3 is 1.62 bits per heavy atom. The van der Waals surface area contributed by atoms with Crippen LogP contribution in [0.3, 0.4) is 0 Å². The monoisotopic (exact) mass is 591 g/mol.